The number of benzene rings is 1. The van der Waals surface area contributed by atoms with Gasteiger partial charge in [-0.25, -0.2) is 0 Å². The normalized spacial score (nSPS) is 10.8. The van der Waals surface area contributed by atoms with Gasteiger partial charge in [-0.1, -0.05) is 31.9 Å². The Balaban J connectivity index is 2.67. The molecule has 0 atom stereocenters. The average molecular weight is 290 g/mol. The van der Waals surface area contributed by atoms with Crippen molar-refractivity contribution in [2.45, 2.75) is 5.33 Å². The summed E-state index contributed by atoms with van der Waals surface area (Å²) in [6.45, 7) is 0. The van der Waals surface area contributed by atoms with E-state index in [0.29, 0.717) is 0 Å². The number of alkyl halides is 1. The maximum absolute atomic E-state index is 5.50. The quantitative estimate of drug-likeness (QED) is 0.721. The highest BCUT2D eigenvalue weighted by molar-refractivity contribution is 9.10. The Bertz CT molecular complexity index is 406. The van der Waals surface area contributed by atoms with E-state index in [4.69, 9.17) is 4.42 Å². The standard InChI is InChI=1S/C9H6Br2O/c10-5-8-4-6-3-7(11)1-2-9(6)12-8/h1-4H,5H2. The maximum atomic E-state index is 5.50. The highest BCUT2D eigenvalue weighted by Gasteiger charge is 2.01. The van der Waals surface area contributed by atoms with E-state index in [2.05, 4.69) is 31.9 Å². The van der Waals surface area contributed by atoms with Gasteiger partial charge in [-0.15, -0.1) is 0 Å². The molecule has 0 bridgehead atoms. The first-order chi connectivity index (χ1) is 5.79. The lowest BCUT2D eigenvalue weighted by molar-refractivity contribution is 0.575. The monoisotopic (exact) mass is 288 g/mol. The Kier molecular flexibility index (Phi) is 2.24. The third-order valence-corrected chi connectivity index (χ3v) is 2.71. The van der Waals surface area contributed by atoms with E-state index in [-0.39, 0.29) is 0 Å². The second-order valence-corrected chi connectivity index (χ2v) is 4.00. The number of hydrogen-bond donors (Lipinski definition) is 0. The van der Waals surface area contributed by atoms with Gasteiger partial charge in [0.15, 0.2) is 0 Å². The van der Waals surface area contributed by atoms with Gasteiger partial charge in [0.05, 0.1) is 5.33 Å². The second-order valence-electron chi connectivity index (χ2n) is 2.53. The van der Waals surface area contributed by atoms with Crippen LogP contribution in [0.4, 0.5) is 0 Å². The second kappa shape index (κ2) is 3.23. The molecule has 2 aromatic rings. The van der Waals surface area contributed by atoms with Crippen molar-refractivity contribution in [2.24, 2.45) is 0 Å². The van der Waals surface area contributed by atoms with Gasteiger partial charge >= 0.3 is 0 Å². The summed E-state index contributed by atoms with van der Waals surface area (Å²) in [7, 11) is 0. The Hall–Kier alpha value is -0.280. The SMILES string of the molecule is BrCc1cc2cc(Br)ccc2o1. The van der Waals surface area contributed by atoms with Crippen LogP contribution in [0.5, 0.6) is 0 Å². The first-order valence-corrected chi connectivity index (χ1v) is 5.45. The van der Waals surface area contributed by atoms with Crippen LogP contribution in [0.15, 0.2) is 33.2 Å². The van der Waals surface area contributed by atoms with Crippen LogP contribution in [0, 0.1) is 0 Å². The summed E-state index contributed by atoms with van der Waals surface area (Å²) in [4.78, 5) is 0. The molecule has 62 valence electrons. The van der Waals surface area contributed by atoms with Crippen LogP contribution in [0.3, 0.4) is 0 Å². The van der Waals surface area contributed by atoms with Crippen molar-refractivity contribution in [2.75, 3.05) is 0 Å². The third kappa shape index (κ3) is 1.43. The van der Waals surface area contributed by atoms with Gasteiger partial charge in [0.25, 0.3) is 0 Å². The molecule has 1 nitrogen and oxygen atoms in total. The highest BCUT2D eigenvalue weighted by Crippen LogP contribution is 2.24. The van der Waals surface area contributed by atoms with Crippen LogP contribution in [-0.4, -0.2) is 0 Å². The topological polar surface area (TPSA) is 13.1 Å². The molecule has 0 aliphatic rings. The van der Waals surface area contributed by atoms with Crippen LogP contribution >= 0.6 is 31.9 Å². The third-order valence-electron chi connectivity index (χ3n) is 1.66. The van der Waals surface area contributed by atoms with Gasteiger partial charge in [0.1, 0.15) is 11.3 Å². The minimum atomic E-state index is 0.763. The van der Waals surface area contributed by atoms with E-state index in [0.717, 1.165) is 26.5 Å². The molecule has 2 rings (SSSR count). The van der Waals surface area contributed by atoms with E-state index in [1.165, 1.54) is 0 Å². The molecule has 0 fully saturated rings. The van der Waals surface area contributed by atoms with Crippen LogP contribution in [-0.2, 0) is 5.33 Å². The van der Waals surface area contributed by atoms with Crippen LogP contribution in [0.25, 0.3) is 11.0 Å². The molecule has 0 N–H and O–H groups in total. The lowest BCUT2D eigenvalue weighted by Gasteiger charge is -1.87. The van der Waals surface area contributed by atoms with Crippen LogP contribution < -0.4 is 0 Å². The molecular weight excluding hydrogens is 284 g/mol. The van der Waals surface area contributed by atoms with Crippen molar-refractivity contribution < 1.29 is 4.42 Å². The molecule has 1 heterocycles. The zero-order valence-electron chi connectivity index (χ0n) is 6.18. The fourth-order valence-electron chi connectivity index (χ4n) is 1.14. The number of hydrogen-bond acceptors (Lipinski definition) is 1. The molecule has 12 heavy (non-hydrogen) atoms. The van der Waals surface area contributed by atoms with Gasteiger partial charge < -0.3 is 4.42 Å². The predicted molar refractivity (Wildman–Crippen MR) is 56.5 cm³/mol. The van der Waals surface area contributed by atoms with Gasteiger partial charge in [-0.3, -0.25) is 0 Å². The Labute approximate surface area is 87.0 Å². The van der Waals surface area contributed by atoms with E-state index in [1.807, 2.05) is 24.3 Å². The summed E-state index contributed by atoms with van der Waals surface area (Å²) in [6.07, 6.45) is 0. The molecule has 1 aromatic heterocycles. The molecule has 0 aliphatic carbocycles. The van der Waals surface area contributed by atoms with Crippen molar-refractivity contribution >= 4 is 42.8 Å². The van der Waals surface area contributed by atoms with Crippen molar-refractivity contribution in [3.05, 3.63) is 34.5 Å². The zero-order chi connectivity index (χ0) is 8.55. The smallest absolute Gasteiger partial charge is 0.134 e. The minimum absolute atomic E-state index is 0.763. The van der Waals surface area contributed by atoms with Crippen molar-refractivity contribution in [1.82, 2.24) is 0 Å². The Morgan fingerprint density at radius 2 is 2.08 bits per heavy atom. The number of rotatable bonds is 1. The Morgan fingerprint density at radius 1 is 1.25 bits per heavy atom. The van der Waals surface area contributed by atoms with Crippen LogP contribution in [0.1, 0.15) is 5.76 Å². The summed E-state index contributed by atoms with van der Waals surface area (Å²) in [5.41, 5.74) is 0.938. The van der Waals surface area contributed by atoms with E-state index < -0.39 is 0 Å². The summed E-state index contributed by atoms with van der Waals surface area (Å²) in [6, 6.07) is 8.02. The average Bonchev–Trinajstić information content (AvgIpc) is 2.46. The fourth-order valence-corrected chi connectivity index (χ4v) is 1.79. The number of halogens is 2. The molecule has 3 heteroatoms. The maximum Gasteiger partial charge on any atom is 0.134 e. The van der Waals surface area contributed by atoms with E-state index >= 15 is 0 Å². The van der Waals surface area contributed by atoms with Gasteiger partial charge in [-0.2, -0.15) is 0 Å². The molecule has 1 aromatic carbocycles. The number of furan rings is 1. The molecule has 0 amide bonds. The summed E-state index contributed by atoms with van der Waals surface area (Å²) >= 11 is 6.76. The molecule has 0 saturated heterocycles. The van der Waals surface area contributed by atoms with Crippen LogP contribution in [0.2, 0.25) is 0 Å². The van der Waals surface area contributed by atoms with Crippen molar-refractivity contribution in [3.8, 4) is 0 Å². The molecule has 0 radical (unpaired) electrons. The van der Waals surface area contributed by atoms with Gasteiger partial charge in [0.2, 0.25) is 0 Å². The molecule has 0 unspecified atom stereocenters. The molecular formula is C9H6Br2O. The molecule has 0 aliphatic heterocycles. The largest absolute Gasteiger partial charge is 0.460 e. The minimum Gasteiger partial charge on any atom is -0.460 e. The molecule has 0 spiro atoms. The summed E-state index contributed by atoms with van der Waals surface area (Å²) < 4.78 is 6.58. The van der Waals surface area contributed by atoms with Gasteiger partial charge in [-0.05, 0) is 24.3 Å². The lowest BCUT2D eigenvalue weighted by Crippen LogP contribution is -1.63. The highest BCUT2D eigenvalue weighted by atomic mass is 79.9. The summed E-state index contributed by atoms with van der Waals surface area (Å²) in [5.74, 6) is 0.961. The lowest BCUT2D eigenvalue weighted by atomic mass is 10.2. The van der Waals surface area contributed by atoms with Crippen molar-refractivity contribution in [3.63, 3.8) is 0 Å². The summed E-state index contributed by atoms with van der Waals surface area (Å²) in [5, 5.41) is 1.90. The zero-order valence-corrected chi connectivity index (χ0v) is 9.35. The van der Waals surface area contributed by atoms with Crippen molar-refractivity contribution in [1.29, 1.82) is 0 Å². The van der Waals surface area contributed by atoms with E-state index in [1.54, 1.807) is 0 Å². The first-order valence-electron chi connectivity index (χ1n) is 3.53. The molecule has 0 saturated carbocycles. The van der Waals surface area contributed by atoms with E-state index in [9.17, 15) is 0 Å². The first kappa shape index (κ1) is 8.32. The fraction of sp³-hybridized carbons (Fsp3) is 0.111. The number of fused-ring (bicyclic) bond motifs is 1. The Morgan fingerprint density at radius 3 is 2.83 bits per heavy atom. The predicted octanol–water partition coefficient (Wildman–Crippen LogP) is 4.09. The van der Waals surface area contributed by atoms with Gasteiger partial charge in [0, 0.05) is 9.86 Å².